The molecule has 0 spiro atoms. The van der Waals surface area contributed by atoms with Crippen LogP contribution in [0.5, 0.6) is 5.88 Å². The number of carbonyl (C=O) groups is 1. The third kappa shape index (κ3) is 3.40. The Labute approximate surface area is 137 Å². The second-order valence-electron chi connectivity index (χ2n) is 4.78. The normalized spacial score (nSPS) is 10.5. The van der Waals surface area contributed by atoms with Crippen LogP contribution in [0.25, 0.3) is 21.3 Å². The molecule has 0 aliphatic heterocycles. The van der Waals surface area contributed by atoms with E-state index in [1.807, 2.05) is 37.3 Å². The van der Waals surface area contributed by atoms with Crippen LogP contribution in [0.2, 0.25) is 0 Å². The number of pyridine rings is 1. The van der Waals surface area contributed by atoms with Crippen molar-refractivity contribution in [3.63, 3.8) is 0 Å². The first-order valence-corrected chi connectivity index (χ1v) is 7.97. The first-order valence-electron chi connectivity index (χ1n) is 7.15. The first kappa shape index (κ1) is 15.2. The van der Waals surface area contributed by atoms with Gasteiger partial charge in [-0.3, -0.25) is 5.32 Å². The van der Waals surface area contributed by atoms with Crippen molar-refractivity contribution in [1.82, 2.24) is 15.3 Å². The Morgan fingerprint density at radius 2 is 2.09 bits per heavy atom. The largest absolute Gasteiger partial charge is 0.481 e. The molecule has 7 heteroatoms. The summed E-state index contributed by atoms with van der Waals surface area (Å²) in [5.41, 5.74) is 2.90. The summed E-state index contributed by atoms with van der Waals surface area (Å²) in [6.45, 7) is 2.44. The summed E-state index contributed by atoms with van der Waals surface area (Å²) < 4.78 is 6.07. The number of rotatable bonds is 4. The molecule has 23 heavy (non-hydrogen) atoms. The van der Waals surface area contributed by atoms with Crippen LogP contribution in [0, 0.1) is 0 Å². The van der Waals surface area contributed by atoms with Crippen LogP contribution in [0.1, 0.15) is 6.92 Å². The Morgan fingerprint density at radius 1 is 1.26 bits per heavy atom. The highest BCUT2D eigenvalue weighted by molar-refractivity contribution is 7.22. The van der Waals surface area contributed by atoms with Crippen molar-refractivity contribution in [3.8, 4) is 17.0 Å². The van der Waals surface area contributed by atoms with Gasteiger partial charge in [0, 0.05) is 24.4 Å². The quantitative estimate of drug-likeness (QED) is 0.768. The molecule has 3 aromatic rings. The van der Waals surface area contributed by atoms with Gasteiger partial charge in [-0.05, 0) is 30.7 Å². The maximum atomic E-state index is 11.6. The summed E-state index contributed by atoms with van der Waals surface area (Å²) in [7, 11) is 1.59. The zero-order valence-electron chi connectivity index (χ0n) is 12.8. The minimum atomic E-state index is -0.244. The van der Waals surface area contributed by atoms with Crippen LogP contribution in [0.15, 0.2) is 36.5 Å². The molecule has 0 fully saturated rings. The van der Waals surface area contributed by atoms with E-state index in [1.165, 1.54) is 11.3 Å². The summed E-state index contributed by atoms with van der Waals surface area (Å²) in [6.07, 6.45) is 1.77. The molecule has 0 aliphatic rings. The van der Waals surface area contributed by atoms with Gasteiger partial charge in [0.1, 0.15) is 0 Å². The number of aromatic nitrogens is 2. The van der Waals surface area contributed by atoms with Gasteiger partial charge in [-0.2, -0.15) is 0 Å². The van der Waals surface area contributed by atoms with Crippen LogP contribution in [-0.2, 0) is 0 Å². The van der Waals surface area contributed by atoms with Gasteiger partial charge in [-0.25, -0.2) is 14.8 Å². The molecule has 2 amide bonds. The van der Waals surface area contributed by atoms with Gasteiger partial charge in [0.2, 0.25) is 5.88 Å². The molecule has 0 aliphatic carbocycles. The average Bonchev–Trinajstić information content (AvgIpc) is 2.96. The molecule has 0 saturated heterocycles. The third-order valence-corrected chi connectivity index (χ3v) is 4.16. The number of urea groups is 1. The van der Waals surface area contributed by atoms with Crippen molar-refractivity contribution < 1.29 is 9.53 Å². The van der Waals surface area contributed by atoms with Gasteiger partial charge in [0.25, 0.3) is 0 Å². The number of thiazole rings is 1. The van der Waals surface area contributed by atoms with Crippen LogP contribution in [0.4, 0.5) is 9.93 Å². The number of benzene rings is 1. The van der Waals surface area contributed by atoms with Crippen LogP contribution < -0.4 is 15.4 Å². The van der Waals surface area contributed by atoms with E-state index in [0.717, 1.165) is 21.3 Å². The van der Waals surface area contributed by atoms with Gasteiger partial charge < -0.3 is 10.1 Å². The molecule has 0 unspecified atom stereocenters. The molecular formula is C16H16N4O2S. The highest BCUT2D eigenvalue weighted by Gasteiger charge is 2.08. The Kier molecular flexibility index (Phi) is 4.38. The second kappa shape index (κ2) is 6.62. The highest BCUT2D eigenvalue weighted by atomic mass is 32.1. The lowest BCUT2D eigenvalue weighted by molar-refractivity contribution is 0.252. The minimum Gasteiger partial charge on any atom is -0.481 e. The summed E-state index contributed by atoms with van der Waals surface area (Å²) in [4.78, 5) is 20.2. The van der Waals surface area contributed by atoms with E-state index in [1.54, 1.807) is 13.3 Å². The lowest BCUT2D eigenvalue weighted by atomic mass is 10.1. The van der Waals surface area contributed by atoms with Crippen LogP contribution in [0.3, 0.4) is 0 Å². The summed E-state index contributed by atoms with van der Waals surface area (Å²) in [6, 6.07) is 9.51. The molecule has 0 atom stereocenters. The van der Waals surface area contributed by atoms with Crippen LogP contribution in [-0.4, -0.2) is 29.7 Å². The number of nitrogens with zero attached hydrogens (tertiary/aromatic N) is 2. The molecule has 2 heterocycles. The van der Waals surface area contributed by atoms with Gasteiger partial charge in [-0.1, -0.05) is 17.4 Å². The molecule has 1 aromatic carbocycles. The van der Waals surface area contributed by atoms with Crippen LogP contribution >= 0.6 is 11.3 Å². The molecule has 0 radical (unpaired) electrons. The fourth-order valence-corrected chi connectivity index (χ4v) is 3.03. The van der Waals surface area contributed by atoms with Gasteiger partial charge in [-0.15, -0.1) is 0 Å². The smallest absolute Gasteiger partial charge is 0.321 e. The standard InChI is InChI=1S/C16H16N4O2S/c1-3-17-15(21)20-16-19-12-6-4-10(8-13(12)23-16)11-5-7-14(22-2)18-9-11/h4-9H,3H2,1-2H3,(H2,17,19,20,21). The number of methoxy groups -OCH3 is 1. The maximum absolute atomic E-state index is 11.6. The zero-order chi connectivity index (χ0) is 16.2. The van der Waals surface area contributed by atoms with Crippen molar-refractivity contribution in [2.45, 2.75) is 6.92 Å². The Balaban J connectivity index is 1.87. The monoisotopic (exact) mass is 328 g/mol. The number of anilines is 1. The fraction of sp³-hybridized carbons (Fsp3) is 0.188. The summed E-state index contributed by atoms with van der Waals surface area (Å²) in [5.74, 6) is 0.584. The summed E-state index contributed by atoms with van der Waals surface area (Å²) >= 11 is 1.44. The molecule has 0 bridgehead atoms. The number of amides is 2. The molecule has 6 nitrogen and oxygen atoms in total. The fourth-order valence-electron chi connectivity index (χ4n) is 2.13. The van der Waals surface area contributed by atoms with E-state index in [2.05, 4.69) is 20.6 Å². The van der Waals surface area contributed by atoms with E-state index >= 15 is 0 Å². The molecule has 2 aromatic heterocycles. The van der Waals surface area contributed by atoms with Crippen molar-refractivity contribution in [2.24, 2.45) is 0 Å². The van der Waals surface area contributed by atoms with E-state index < -0.39 is 0 Å². The van der Waals surface area contributed by atoms with Crippen molar-refractivity contribution in [3.05, 3.63) is 36.5 Å². The highest BCUT2D eigenvalue weighted by Crippen LogP contribution is 2.30. The predicted molar refractivity (Wildman–Crippen MR) is 92.1 cm³/mol. The number of fused-ring (bicyclic) bond motifs is 1. The Bertz CT molecular complexity index is 830. The molecule has 3 rings (SSSR count). The summed E-state index contributed by atoms with van der Waals surface area (Å²) in [5, 5.41) is 6.00. The average molecular weight is 328 g/mol. The van der Waals surface area contributed by atoms with Crippen molar-refractivity contribution in [1.29, 1.82) is 0 Å². The maximum Gasteiger partial charge on any atom is 0.321 e. The van der Waals surface area contributed by atoms with Gasteiger partial charge in [0.05, 0.1) is 17.3 Å². The Hall–Kier alpha value is -2.67. The number of carbonyl (C=O) groups excluding carboxylic acids is 1. The number of ether oxygens (including phenoxy) is 1. The number of nitrogens with one attached hydrogen (secondary N) is 2. The SMILES string of the molecule is CCNC(=O)Nc1nc2ccc(-c3ccc(OC)nc3)cc2s1. The second-order valence-corrected chi connectivity index (χ2v) is 5.81. The van der Waals surface area contributed by atoms with E-state index in [9.17, 15) is 4.79 Å². The molecule has 118 valence electrons. The Morgan fingerprint density at radius 3 is 2.78 bits per heavy atom. The number of hydrogen-bond acceptors (Lipinski definition) is 5. The topological polar surface area (TPSA) is 76.1 Å². The van der Waals surface area contributed by atoms with E-state index in [4.69, 9.17) is 4.74 Å². The van der Waals surface area contributed by atoms with Crippen molar-refractivity contribution >= 4 is 32.7 Å². The zero-order valence-corrected chi connectivity index (χ0v) is 13.6. The van der Waals surface area contributed by atoms with E-state index in [-0.39, 0.29) is 6.03 Å². The lowest BCUT2D eigenvalue weighted by Crippen LogP contribution is -2.28. The first-order chi connectivity index (χ1) is 11.2. The molecule has 2 N–H and O–H groups in total. The lowest BCUT2D eigenvalue weighted by Gasteiger charge is -2.02. The third-order valence-electron chi connectivity index (χ3n) is 3.23. The molecular weight excluding hydrogens is 312 g/mol. The molecule has 0 saturated carbocycles. The van der Waals surface area contributed by atoms with Gasteiger partial charge in [0.15, 0.2) is 5.13 Å². The number of hydrogen-bond donors (Lipinski definition) is 2. The van der Waals surface area contributed by atoms with Crippen molar-refractivity contribution in [2.75, 3.05) is 19.0 Å². The predicted octanol–water partition coefficient (Wildman–Crippen LogP) is 3.51. The van der Waals surface area contributed by atoms with E-state index in [0.29, 0.717) is 17.6 Å². The van der Waals surface area contributed by atoms with Gasteiger partial charge >= 0.3 is 6.03 Å². The minimum absolute atomic E-state index is 0.244.